The van der Waals surface area contributed by atoms with E-state index in [9.17, 15) is 0 Å². The third-order valence-electron chi connectivity index (χ3n) is 2.40. The van der Waals surface area contributed by atoms with Gasteiger partial charge in [0.25, 0.3) is 0 Å². The predicted molar refractivity (Wildman–Crippen MR) is 49.3 cm³/mol. The molecule has 68 valence electrons. The van der Waals surface area contributed by atoms with E-state index in [-0.39, 0.29) is 6.10 Å². The second kappa shape index (κ2) is 3.18. The van der Waals surface area contributed by atoms with Gasteiger partial charge in [0, 0.05) is 19.1 Å². The van der Waals surface area contributed by atoms with E-state index >= 15 is 0 Å². The zero-order valence-electron chi connectivity index (χ0n) is 7.40. The van der Waals surface area contributed by atoms with Crippen LogP contribution >= 0.6 is 0 Å². The van der Waals surface area contributed by atoms with Crippen molar-refractivity contribution in [3.63, 3.8) is 0 Å². The minimum absolute atomic E-state index is 0.0950. The topological polar surface area (TPSA) is 41.8 Å². The molecule has 1 aromatic carbocycles. The fraction of sp³-hybridized carbons (Fsp3) is 0.300. The Morgan fingerprint density at radius 1 is 1.46 bits per heavy atom. The molecule has 0 amide bonds. The van der Waals surface area contributed by atoms with Gasteiger partial charge in [-0.25, -0.2) is 0 Å². The van der Waals surface area contributed by atoms with Gasteiger partial charge in [0.2, 0.25) is 0 Å². The molecule has 0 aromatic heterocycles. The molecule has 0 heterocycles. The molecule has 1 aromatic rings. The van der Waals surface area contributed by atoms with Crippen molar-refractivity contribution in [1.82, 2.24) is 0 Å². The van der Waals surface area contributed by atoms with Crippen LogP contribution in [0.5, 0.6) is 0 Å². The van der Waals surface area contributed by atoms with Crippen molar-refractivity contribution < 1.29 is 9.94 Å². The first kappa shape index (κ1) is 8.26. The molecular weight excluding hydrogens is 166 g/mol. The van der Waals surface area contributed by atoms with Crippen molar-refractivity contribution >= 4 is 5.71 Å². The number of hydrogen-bond donors (Lipinski definition) is 1. The smallest absolute Gasteiger partial charge is 0.116 e. The minimum Gasteiger partial charge on any atom is -0.411 e. The number of benzene rings is 1. The van der Waals surface area contributed by atoms with Gasteiger partial charge in [-0.05, 0) is 5.56 Å². The second-order valence-corrected chi connectivity index (χ2v) is 3.07. The molecule has 1 unspecified atom stereocenters. The molecule has 1 aliphatic carbocycles. The van der Waals surface area contributed by atoms with Gasteiger partial charge in [0.1, 0.15) is 11.8 Å². The Balaban J connectivity index is 2.46. The standard InChI is InChI=1S/C10H11NO2/c1-13-9-6-7-4-2-3-5-8(7)10(9)11-12/h2-5,9,12H,6H2,1H3/b11-10-. The maximum Gasteiger partial charge on any atom is 0.116 e. The monoisotopic (exact) mass is 177 g/mol. The third kappa shape index (κ3) is 1.21. The number of rotatable bonds is 1. The summed E-state index contributed by atoms with van der Waals surface area (Å²) < 4.78 is 5.21. The van der Waals surface area contributed by atoms with Crippen molar-refractivity contribution in [2.45, 2.75) is 12.5 Å². The highest BCUT2D eigenvalue weighted by atomic mass is 16.5. The van der Waals surface area contributed by atoms with Crippen molar-refractivity contribution in [1.29, 1.82) is 0 Å². The third-order valence-corrected chi connectivity index (χ3v) is 2.40. The summed E-state index contributed by atoms with van der Waals surface area (Å²) in [6.45, 7) is 0. The summed E-state index contributed by atoms with van der Waals surface area (Å²) in [5, 5.41) is 12.1. The van der Waals surface area contributed by atoms with Gasteiger partial charge in [0.15, 0.2) is 0 Å². The van der Waals surface area contributed by atoms with Crippen molar-refractivity contribution in [2.24, 2.45) is 5.16 Å². The van der Waals surface area contributed by atoms with E-state index in [0.717, 1.165) is 12.0 Å². The molecule has 3 nitrogen and oxygen atoms in total. The lowest BCUT2D eigenvalue weighted by Crippen LogP contribution is -2.18. The SMILES string of the molecule is COC1Cc2ccccc2/C1=N/O. The molecule has 0 spiro atoms. The lowest BCUT2D eigenvalue weighted by atomic mass is 10.1. The fourth-order valence-electron chi connectivity index (χ4n) is 1.73. The Kier molecular flexibility index (Phi) is 2.02. The summed E-state index contributed by atoms with van der Waals surface area (Å²) in [6.07, 6.45) is 0.703. The minimum atomic E-state index is -0.0950. The van der Waals surface area contributed by atoms with E-state index in [1.807, 2.05) is 24.3 Å². The highest BCUT2D eigenvalue weighted by Gasteiger charge is 2.28. The predicted octanol–water partition coefficient (Wildman–Crippen LogP) is 1.44. The van der Waals surface area contributed by atoms with E-state index in [0.29, 0.717) is 5.71 Å². The van der Waals surface area contributed by atoms with Gasteiger partial charge in [-0.15, -0.1) is 0 Å². The molecule has 0 radical (unpaired) electrons. The average molecular weight is 177 g/mol. The van der Waals surface area contributed by atoms with Crippen LogP contribution in [0.15, 0.2) is 29.4 Å². The number of hydrogen-bond acceptors (Lipinski definition) is 3. The van der Waals surface area contributed by atoms with Crippen molar-refractivity contribution in [3.05, 3.63) is 35.4 Å². The molecule has 1 N–H and O–H groups in total. The summed E-state index contributed by atoms with van der Waals surface area (Å²) in [6, 6.07) is 7.89. The number of nitrogens with zero attached hydrogens (tertiary/aromatic N) is 1. The van der Waals surface area contributed by atoms with Gasteiger partial charge < -0.3 is 9.94 Å². The molecule has 0 saturated heterocycles. The maximum absolute atomic E-state index is 8.82. The van der Waals surface area contributed by atoms with E-state index in [4.69, 9.17) is 9.94 Å². The Morgan fingerprint density at radius 2 is 2.23 bits per heavy atom. The van der Waals surface area contributed by atoms with Crippen LogP contribution in [-0.4, -0.2) is 24.1 Å². The number of ether oxygens (including phenoxy) is 1. The van der Waals surface area contributed by atoms with Crippen LogP contribution in [-0.2, 0) is 11.2 Å². The summed E-state index contributed by atoms with van der Waals surface area (Å²) >= 11 is 0. The van der Waals surface area contributed by atoms with Crippen LogP contribution in [0.1, 0.15) is 11.1 Å². The van der Waals surface area contributed by atoms with Gasteiger partial charge >= 0.3 is 0 Å². The molecule has 0 fully saturated rings. The average Bonchev–Trinajstić information content (AvgIpc) is 2.55. The highest BCUT2D eigenvalue weighted by molar-refractivity contribution is 6.07. The fourth-order valence-corrected chi connectivity index (χ4v) is 1.73. The van der Waals surface area contributed by atoms with E-state index in [1.54, 1.807) is 7.11 Å². The van der Waals surface area contributed by atoms with Gasteiger partial charge in [0.05, 0.1) is 0 Å². The van der Waals surface area contributed by atoms with Crippen molar-refractivity contribution in [3.8, 4) is 0 Å². The van der Waals surface area contributed by atoms with Gasteiger partial charge in [-0.1, -0.05) is 29.4 Å². The van der Waals surface area contributed by atoms with E-state index in [1.165, 1.54) is 5.56 Å². The number of fused-ring (bicyclic) bond motifs is 1. The lowest BCUT2D eigenvalue weighted by molar-refractivity contribution is 0.156. The molecular formula is C10H11NO2. The van der Waals surface area contributed by atoms with Crippen molar-refractivity contribution in [2.75, 3.05) is 7.11 Å². The van der Waals surface area contributed by atoms with E-state index in [2.05, 4.69) is 5.16 Å². The molecule has 13 heavy (non-hydrogen) atoms. The first-order chi connectivity index (χ1) is 6.36. The van der Waals surface area contributed by atoms with Gasteiger partial charge in [-0.3, -0.25) is 0 Å². The Labute approximate surface area is 76.6 Å². The molecule has 0 aliphatic heterocycles. The highest BCUT2D eigenvalue weighted by Crippen LogP contribution is 2.23. The van der Waals surface area contributed by atoms with Crippen LogP contribution in [0, 0.1) is 0 Å². The quantitative estimate of drug-likeness (QED) is 0.521. The Bertz CT molecular complexity index is 347. The zero-order valence-corrected chi connectivity index (χ0v) is 7.40. The zero-order chi connectivity index (χ0) is 9.26. The summed E-state index contributed by atoms with van der Waals surface area (Å²) in [7, 11) is 1.63. The second-order valence-electron chi connectivity index (χ2n) is 3.07. The molecule has 2 rings (SSSR count). The van der Waals surface area contributed by atoms with Gasteiger partial charge in [-0.2, -0.15) is 0 Å². The molecule has 1 atom stereocenters. The first-order valence-corrected chi connectivity index (χ1v) is 4.20. The number of oxime groups is 1. The van der Waals surface area contributed by atoms with Crippen LogP contribution < -0.4 is 0 Å². The Hall–Kier alpha value is -1.35. The van der Waals surface area contributed by atoms with Crippen LogP contribution in [0.3, 0.4) is 0 Å². The molecule has 1 aliphatic rings. The Morgan fingerprint density at radius 3 is 2.92 bits per heavy atom. The maximum atomic E-state index is 8.82. The molecule has 0 saturated carbocycles. The normalized spacial score (nSPS) is 23.5. The van der Waals surface area contributed by atoms with Crippen LogP contribution in [0.4, 0.5) is 0 Å². The summed E-state index contributed by atoms with van der Waals surface area (Å²) in [4.78, 5) is 0. The van der Waals surface area contributed by atoms with Crippen LogP contribution in [0.2, 0.25) is 0 Å². The summed E-state index contributed by atoms with van der Waals surface area (Å²) in [5.41, 5.74) is 2.82. The molecule has 0 bridgehead atoms. The lowest BCUT2D eigenvalue weighted by Gasteiger charge is -2.05. The van der Waals surface area contributed by atoms with Crippen LogP contribution in [0.25, 0.3) is 0 Å². The first-order valence-electron chi connectivity index (χ1n) is 4.20. The van der Waals surface area contributed by atoms with E-state index < -0.39 is 0 Å². The number of methoxy groups -OCH3 is 1. The molecule has 3 heteroatoms. The summed E-state index contributed by atoms with van der Waals surface area (Å²) in [5.74, 6) is 0. The largest absolute Gasteiger partial charge is 0.411 e.